The standard InChI is InChI=1S/C10H16O3/c1-4-7-8-6(2)5-12-9(8)10(11-3)13-7/h7-10H,2,4-5H2,1,3H3/t7-,8+,9+,10+/m0/s1. The SMILES string of the molecule is C=C1CO[C@H]2[C@H](OC)O[C@@H](CC)[C@@H]12. The highest BCUT2D eigenvalue weighted by Crippen LogP contribution is 2.40. The molecule has 2 saturated heterocycles. The van der Waals surface area contributed by atoms with Gasteiger partial charge in [0.25, 0.3) is 0 Å². The Morgan fingerprint density at radius 1 is 1.62 bits per heavy atom. The molecular weight excluding hydrogens is 168 g/mol. The fourth-order valence-corrected chi connectivity index (χ4v) is 2.23. The minimum absolute atomic E-state index is 0.0717. The van der Waals surface area contributed by atoms with Crippen LogP contribution in [-0.4, -0.2) is 32.2 Å². The zero-order valence-corrected chi connectivity index (χ0v) is 8.16. The Labute approximate surface area is 78.7 Å². The molecule has 0 aliphatic carbocycles. The summed E-state index contributed by atoms with van der Waals surface area (Å²) in [5, 5.41) is 0. The molecule has 0 spiro atoms. The molecule has 0 saturated carbocycles. The third-order valence-corrected chi connectivity index (χ3v) is 2.90. The van der Waals surface area contributed by atoms with Crippen molar-refractivity contribution in [3.63, 3.8) is 0 Å². The van der Waals surface area contributed by atoms with Crippen molar-refractivity contribution in [2.75, 3.05) is 13.7 Å². The molecule has 2 rings (SSSR count). The Morgan fingerprint density at radius 3 is 3.00 bits per heavy atom. The van der Waals surface area contributed by atoms with Crippen LogP contribution < -0.4 is 0 Å². The van der Waals surface area contributed by atoms with E-state index in [1.54, 1.807) is 7.11 Å². The third-order valence-electron chi connectivity index (χ3n) is 2.90. The summed E-state index contributed by atoms with van der Waals surface area (Å²) < 4.78 is 16.5. The summed E-state index contributed by atoms with van der Waals surface area (Å²) in [6.07, 6.45) is 1.09. The Kier molecular flexibility index (Phi) is 2.41. The van der Waals surface area contributed by atoms with Crippen molar-refractivity contribution in [1.29, 1.82) is 0 Å². The molecule has 4 atom stereocenters. The molecule has 0 unspecified atom stereocenters. The Hall–Kier alpha value is -0.380. The van der Waals surface area contributed by atoms with Gasteiger partial charge in [-0.3, -0.25) is 0 Å². The van der Waals surface area contributed by atoms with Gasteiger partial charge >= 0.3 is 0 Å². The molecule has 13 heavy (non-hydrogen) atoms. The number of methoxy groups -OCH3 is 1. The minimum Gasteiger partial charge on any atom is -0.368 e. The van der Waals surface area contributed by atoms with E-state index in [2.05, 4.69) is 13.5 Å². The van der Waals surface area contributed by atoms with Crippen LogP contribution in [0.25, 0.3) is 0 Å². The fraction of sp³-hybridized carbons (Fsp3) is 0.800. The first-order valence-corrected chi connectivity index (χ1v) is 4.75. The van der Waals surface area contributed by atoms with Crippen molar-refractivity contribution in [3.05, 3.63) is 12.2 Å². The van der Waals surface area contributed by atoms with Crippen LogP contribution in [0.5, 0.6) is 0 Å². The molecular formula is C10H16O3. The topological polar surface area (TPSA) is 27.7 Å². The summed E-state index contributed by atoms with van der Waals surface area (Å²) in [5.41, 5.74) is 1.15. The van der Waals surface area contributed by atoms with Crippen LogP contribution in [0.15, 0.2) is 12.2 Å². The summed E-state index contributed by atoms with van der Waals surface area (Å²) in [5.74, 6) is 0.343. The van der Waals surface area contributed by atoms with Crippen LogP contribution >= 0.6 is 0 Å². The molecule has 0 aromatic rings. The monoisotopic (exact) mass is 184 g/mol. The van der Waals surface area contributed by atoms with Crippen molar-refractivity contribution in [3.8, 4) is 0 Å². The van der Waals surface area contributed by atoms with Crippen molar-refractivity contribution in [1.82, 2.24) is 0 Å². The van der Waals surface area contributed by atoms with Gasteiger partial charge in [-0.1, -0.05) is 13.5 Å². The Balaban J connectivity index is 2.16. The first kappa shape index (κ1) is 9.19. The molecule has 3 heteroatoms. The Morgan fingerprint density at radius 2 is 2.38 bits per heavy atom. The molecule has 0 aromatic heterocycles. The summed E-state index contributed by atoms with van der Waals surface area (Å²) in [7, 11) is 1.66. The molecule has 2 aliphatic rings. The van der Waals surface area contributed by atoms with Crippen LogP contribution in [0.2, 0.25) is 0 Å². The smallest absolute Gasteiger partial charge is 0.184 e. The molecule has 2 fully saturated rings. The van der Waals surface area contributed by atoms with Gasteiger partial charge in [0, 0.05) is 13.0 Å². The lowest BCUT2D eigenvalue weighted by Gasteiger charge is -2.14. The lowest BCUT2D eigenvalue weighted by molar-refractivity contribution is -0.157. The van der Waals surface area contributed by atoms with E-state index in [9.17, 15) is 0 Å². The number of hydrogen-bond donors (Lipinski definition) is 0. The highest BCUT2D eigenvalue weighted by Gasteiger charge is 2.49. The molecule has 0 amide bonds. The maximum Gasteiger partial charge on any atom is 0.184 e. The predicted octanol–water partition coefficient (Wildman–Crippen LogP) is 1.34. The Bertz CT molecular complexity index is 214. The van der Waals surface area contributed by atoms with Crippen molar-refractivity contribution >= 4 is 0 Å². The lowest BCUT2D eigenvalue weighted by Crippen LogP contribution is -2.26. The molecule has 2 heterocycles. The zero-order valence-electron chi connectivity index (χ0n) is 8.16. The molecule has 0 aromatic carbocycles. The van der Waals surface area contributed by atoms with Gasteiger partial charge in [-0.05, 0) is 12.0 Å². The summed E-state index contributed by atoms with van der Waals surface area (Å²) >= 11 is 0. The van der Waals surface area contributed by atoms with Crippen molar-refractivity contribution in [2.24, 2.45) is 5.92 Å². The van der Waals surface area contributed by atoms with E-state index < -0.39 is 0 Å². The second-order valence-corrected chi connectivity index (χ2v) is 3.65. The minimum atomic E-state index is -0.200. The van der Waals surface area contributed by atoms with E-state index in [-0.39, 0.29) is 18.5 Å². The number of rotatable bonds is 2. The maximum absolute atomic E-state index is 5.69. The first-order chi connectivity index (χ1) is 6.27. The quantitative estimate of drug-likeness (QED) is 0.606. The van der Waals surface area contributed by atoms with Crippen molar-refractivity contribution in [2.45, 2.75) is 31.8 Å². The van der Waals surface area contributed by atoms with Crippen LogP contribution in [0.1, 0.15) is 13.3 Å². The maximum atomic E-state index is 5.69. The van der Waals surface area contributed by atoms with E-state index in [1.807, 2.05) is 0 Å². The third kappa shape index (κ3) is 1.31. The van der Waals surface area contributed by atoms with E-state index in [0.29, 0.717) is 12.5 Å². The van der Waals surface area contributed by atoms with E-state index in [0.717, 1.165) is 12.0 Å². The fourth-order valence-electron chi connectivity index (χ4n) is 2.23. The van der Waals surface area contributed by atoms with Gasteiger partial charge in [-0.25, -0.2) is 0 Å². The van der Waals surface area contributed by atoms with Crippen LogP contribution in [0.4, 0.5) is 0 Å². The number of ether oxygens (including phenoxy) is 3. The van der Waals surface area contributed by atoms with Crippen LogP contribution in [0, 0.1) is 5.92 Å². The van der Waals surface area contributed by atoms with Gasteiger partial charge in [0.15, 0.2) is 6.29 Å². The van der Waals surface area contributed by atoms with Crippen LogP contribution in [0.3, 0.4) is 0 Å². The molecule has 0 N–H and O–H groups in total. The van der Waals surface area contributed by atoms with Gasteiger partial charge in [-0.2, -0.15) is 0 Å². The highest BCUT2D eigenvalue weighted by molar-refractivity contribution is 5.14. The van der Waals surface area contributed by atoms with Gasteiger partial charge < -0.3 is 14.2 Å². The second kappa shape index (κ2) is 3.40. The second-order valence-electron chi connectivity index (χ2n) is 3.65. The average molecular weight is 184 g/mol. The molecule has 0 bridgehead atoms. The normalized spacial score (nSPS) is 44.0. The van der Waals surface area contributed by atoms with E-state index >= 15 is 0 Å². The number of hydrogen-bond acceptors (Lipinski definition) is 3. The summed E-state index contributed by atoms with van der Waals surface area (Å²) in [6, 6.07) is 0. The van der Waals surface area contributed by atoms with E-state index in [4.69, 9.17) is 14.2 Å². The zero-order chi connectivity index (χ0) is 9.42. The van der Waals surface area contributed by atoms with Gasteiger partial charge in [-0.15, -0.1) is 0 Å². The predicted molar refractivity (Wildman–Crippen MR) is 48.3 cm³/mol. The average Bonchev–Trinajstić information content (AvgIpc) is 2.67. The van der Waals surface area contributed by atoms with Gasteiger partial charge in [0.05, 0.1) is 12.7 Å². The largest absolute Gasteiger partial charge is 0.368 e. The van der Waals surface area contributed by atoms with Gasteiger partial charge in [0.2, 0.25) is 0 Å². The first-order valence-electron chi connectivity index (χ1n) is 4.75. The summed E-state index contributed by atoms with van der Waals surface area (Å²) in [6.45, 7) is 6.78. The highest BCUT2D eigenvalue weighted by atomic mass is 16.7. The molecule has 2 aliphatic heterocycles. The molecule has 0 radical (unpaired) electrons. The summed E-state index contributed by atoms with van der Waals surface area (Å²) in [4.78, 5) is 0. The number of fused-ring (bicyclic) bond motifs is 1. The van der Waals surface area contributed by atoms with E-state index in [1.165, 1.54) is 0 Å². The van der Waals surface area contributed by atoms with Crippen molar-refractivity contribution < 1.29 is 14.2 Å². The molecule has 3 nitrogen and oxygen atoms in total. The lowest BCUT2D eigenvalue weighted by atomic mass is 9.92. The van der Waals surface area contributed by atoms with Crippen LogP contribution in [-0.2, 0) is 14.2 Å². The van der Waals surface area contributed by atoms with Gasteiger partial charge in [0.1, 0.15) is 6.10 Å². The molecule has 74 valence electrons.